The van der Waals surface area contributed by atoms with Gasteiger partial charge in [-0.25, -0.2) is 8.42 Å². The molecule has 0 saturated heterocycles. The molecule has 8 nitrogen and oxygen atoms in total. The SMILES string of the molecule is CCS(=O)(=O)Nc1cccc(C2=NN(S(=O)(=O)c3ccc(C)cc3)[C@H](c3cccc(OC)c3)C2)c1. The van der Waals surface area contributed by atoms with Crippen molar-refractivity contribution >= 4 is 31.4 Å². The number of methoxy groups -OCH3 is 1. The minimum Gasteiger partial charge on any atom is -0.497 e. The molecule has 0 fully saturated rings. The summed E-state index contributed by atoms with van der Waals surface area (Å²) in [7, 11) is -5.87. The topological polar surface area (TPSA) is 105 Å². The van der Waals surface area contributed by atoms with E-state index in [4.69, 9.17) is 4.74 Å². The van der Waals surface area contributed by atoms with Crippen LogP contribution in [0.1, 0.15) is 36.1 Å². The van der Waals surface area contributed by atoms with Crippen molar-refractivity contribution in [1.29, 1.82) is 0 Å². The highest BCUT2D eigenvalue weighted by Gasteiger charge is 2.38. The third-order valence-corrected chi connectivity index (χ3v) is 8.77. The van der Waals surface area contributed by atoms with Crippen LogP contribution in [0.4, 0.5) is 5.69 Å². The summed E-state index contributed by atoms with van der Waals surface area (Å²) >= 11 is 0. The predicted molar refractivity (Wildman–Crippen MR) is 137 cm³/mol. The highest BCUT2D eigenvalue weighted by atomic mass is 32.2. The Balaban J connectivity index is 1.78. The second kappa shape index (κ2) is 9.71. The van der Waals surface area contributed by atoms with E-state index in [1.807, 2.05) is 19.1 Å². The maximum atomic E-state index is 13.7. The number of hydrazone groups is 1. The van der Waals surface area contributed by atoms with Gasteiger partial charge in [0.2, 0.25) is 10.0 Å². The molecule has 3 aromatic carbocycles. The van der Waals surface area contributed by atoms with Crippen LogP contribution in [0, 0.1) is 6.92 Å². The molecule has 0 spiro atoms. The van der Waals surface area contributed by atoms with Gasteiger partial charge >= 0.3 is 0 Å². The van der Waals surface area contributed by atoms with Crippen molar-refractivity contribution in [3.63, 3.8) is 0 Å². The summed E-state index contributed by atoms with van der Waals surface area (Å²) in [6.07, 6.45) is 0.308. The molecule has 10 heteroatoms. The fraction of sp³-hybridized carbons (Fsp3) is 0.240. The van der Waals surface area contributed by atoms with Crippen LogP contribution in [0.5, 0.6) is 5.75 Å². The first kappa shape index (κ1) is 24.7. The number of aryl methyl sites for hydroxylation is 1. The Morgan fingerprint density at radius 3 is 2.40 bits per heavy atom. The molecule has 35 heavy (non-hydrogen) atoms. The molecular formula is C25H27N3O5S2. The monoisotopic (exact) mass is 513 g/mol. The number of nitrogens with one attached hydrogen (secondary N) is 1. The zero-order valence-corrected chi connectivity index (χ0v) is 21.3. The van der Waals surface area contributed by atoms with E-state index in [0.29, 0.717) is 29.1 Å². The smallest absolute Gasteiger partial charge is 0.279 e. The maximum Gasteiger partial charge on any atom is 0.279 e. The normalized spacial score (nSPS) is 16.1. The van der Waals surface area contributed by atoms with Gasteiger partial charge in [-0.3, -0.25) is 4.72 Å². The summed E-state index contributed by atoms with van der Waals surface area (Å²) in [4.78, 5) is 0.144. The third-order valence-electron chi connectivity index (χ3n) is 5.77. The summed E-state index contributed by atoms with van der Waals surface area (Å²) < 4.78 is 60.4. The van der Waals surface area contributed by atoms with Crippen LogP contribution < -0.4 is 9.46 Å². The third kappa shape index (κ3) is 5.33. The minimum atomic E-state index is -3.96. The number of hydrogen-bond donors (Lipinski definition) is 1. The fourth-order valence-electron chi connectivity index (χ4n) is 3.81. The quantitative estimate of drug-likeness (QED) is 0.483. The molecule has 1 aliphatic heterocycles. The molecule has 1 atom stereocenters. The van der Waals surface area contributed by atoms with E-state index in [1.165, 1.54) is 0 Å². The van der Waals surface area contributed by atoms with Crippen LogP contribution in [0.15, 0.2) is 82.8 Å². The summed E-state index contributed by atoms with van der Waals surface area (Å²) in [5.41, 5.74) is 3.25. The van der Waals surface area contributed by atoms with Gasteiger partial charge in [-0.15, -0.1) is 0 Å². The first-order chi connectivity index (χ1) is 16.6. The fourth-order valence-corrected chi connectivity index (χ4v) is 5.88. The Kier molecular flexibility index (Phi) is 6.86. The number of ether oxygens (including phenoxy) is 1. The van der Waals surface area contributed by atoms with Crippen LogP contribution >= 0.6 is 0 Å². The lowest BCUT2D eigenvalue weighted by Gasteiger charge is -2.23. The minimum absolute atomic E-state index is 0.0569. The van der Waals surface area contributed by atoms with Crippen LogP contribution in [0.2, 0.25) is 0 Å². The van der Waals surface area contributed by atoms with E-state index >= 15 is 0 Å². The number of benzene rings is 3. The van der Waals surface area contributed by atoms with E-state index in [9.17, 15) is 16.8 Å². The van der Waals surface area contributed by atoms with Crippen molar-refractivity contribution in [3.05, 3.63) is 89.5 Å². The lowest BCUT2D eigenvalue weighted by Crippen LogP contribution is -2.27. The Hall–Kier alpha value is -3.37. The van der Waals surface area contributed by atoms with Gasteiger partial charge in [0.1, 0.15) is 5.75 Å². The molecule has 1 heterocycles. The number of sulfonamides is 2. The van der Waals surface area contributed by atoms with Gasteiger partial charge < -0.3 is 4.74 Å². The number of hydrogen-bond acceptors (Lipinski definition) is 6. The van der Waals surface area contributed by atoms with E-state index < -0.39 is 26.1 Å². The molecule has 0 amide bonds. The van der Waals surface area contributed by atoms with E-state index in [0.717, 1.165) is 15.5 Å². The van der Waals surface area contributed by atoms with Crippen molar-refractivity contribution in [3.8, 4) is 5.75 Å². The Morgan fingerprint density at radius 2 is 1.71 bits per heavy atom. The van der Waals surface area contributed by atoms with Crippen molar-refractivity contribution in [2.75, 3.05) is 17.6 Å². The van der Waals surface area contributed by atoms with Crippen molar-refractivity contribution in [2.24, 2.45) is 5.10 Å². The highest BCUT2D eigenvalue weighted by molar-refractivity contribution is 7.92. The van der Waals surface area contributed by atoms with Gasteiger partial charge in [-0.2, -0.15) is 17.9 Å². The summed E-state index contributed by atoms with van der Waals surface area (Å²) in [5, 5.41) is 4.54. The van der Waals surface area contributed by atoms with Gasteiger partial charge in [-0.05, 0) is 61.4 Å². The van der Waals surface area contributed by atoms with E-state index in [1.54, 1.807) is 74.7 Å². The average Bonchev–Trinajstić information content (AvgIpc) is 3.31. The average molecular weight is 514 g/mol. The molecule has 0 unspecified atom stereocenters. The van der Waals surface area contributed by atoms with E-state index in [-0.39, 0.29) is 10.6 Å². The first-order valence-electron chi connectivity index (χ1n) is 11.1. The Bertz CT molecular complexity index is 1470. The lowest BCUT2D eigenvalue weighted by atomic mass is 9.99. The predicted octanol–water partition coefficient (Wildman–Crippen LogP) is 4.31. The molecule has 0 radical (unpaired) electrons. The second-order valence-electron chi connectivity index (χ2n) is 8.22. The zero-order valence-electron chi connectivity index (χ0n) is 19.7. The van der Waals surface area contributed by atoms with Gasteiger partial charge in [0.25, 0.3) is 10.0 Å². The molecule has 184 valence electrons. The molecule has 0 bridgehead atoms. The molecular weight excluding hydrogens is 486 g/mol. The van der Waals surface area contributed by atoms with Crippen molar-refractivity contribution in [2.45, 2.75) is 31.2 Å². The zero-order chi connectivity index (χ0) is 25.2. The first-order valence-corrected chi connectivity index (χ1v) is 14.2. The van der Waals surface area contributed by atoms with Gasteiger partial charge in [-0.1, -0.05) is 42.0 Å². The van der Waals surface area contributed by atoms with Crippen LogP contribution in [0.25, 0.3) is 0 Å². The molecule has 0 aromatic heterocycles. The van der Waals surface area contributed by atoms with Crippen LogP contribution in [-0.2, 0) is 20.0 Å². The molecule has 3 aromatic rings. The number of rotatable bonds is 8. The summed E-state index contributed by atoms with van der Waals surface area (Å²) in [5.74, 6) is 0.554. The maximum absolute atomic E-state index is 13.7. The Labute approximate surface area is 206 Å². The van der Waals surface area contributed by atoms with Gasteiger partial charge in [0.15, 0.2) is 0 Å². The van der Waals surface area contributed by atoms with E-state index in [2.05, 4.69) is 9.82 Å². The van der Waals surface area contributed by atoms with Crippen LogP contribution in [0.3, 0.4) is 0 Å². The molecule has 1 N–H and O–H groups in total. The molecule has 1 aliphatic rings. The molecule has 0 aliphatic carbocycles. The van der Waals surface area contributed by atoms with Crippen molar-refractivity contribution in [1.82, 2.24) is 4.41 Å². The van der Waals surface area contributed by atoms with Crippen molar-refractivity contribution < 1.29 is 21.6 Å². The Morgan fingerprint density at radius 1 is 1.00 bits per heavy atom. The van der Waals surface area contributed by atoms with Gasteiger partial charge in [0, 0.05) is 12.1 Å². The van der Waals surface area contributed by atoms with Gasteiger partial charge in [0.05, 0.1) is 29.5 Å². The highest BCUT2D eigenvalue weighted by Crippen LogP contribution is 2.38. The lowest BCUT2D eigenvalue weighted by molar-refractivity contribution is 0.368. The second-order valence-corrected chi connectivity index (χ2v) is 12.0. The standard InChI is InChI=1S/C25H27N3O5S2/c1-4-34(29,30)27-21-9-5-7-19(15-21)24-17-25(20-8-6-10-22(16-20)33-3)28(26-24)35(31,32)23-13-11-18(2)12-14-23/h5-16,25,27H,4,17H2,1-3H3/t25-/m0/s1. The van der Waals surface area contributed by atoms with Crippen LogP contribution in [-0.4, -0.2) is 39.8 Å². The summed E-state index contributed by atoms with van der Waals surface area (Å²) in [6.45, 7) is 3.45. The number of anilines is 1. The largest absolute Gasteiger partial charge is 0.497 e. The number of nitrogens with zero attached hydrogens (tertiary/aromatic N) is 2. The molecule has 4 rings (SSSR count). The summed E-state index contributed by atoms with van der Waals surface area (Å²) in [6, 6.07) is 20.1. The molecule has 0 saturated carbocycles.